The Kier molecular flexibility index (Phi) is 5.03. The fourth-order valence-corrected chi connectivity index (χ4v) is 3.60. The fraction of sp³-hybridized carbons (Fsp3) is 0.273. The van der Waals surface area contributed by atoms with E-state index in [2.05, 4.69) is 39.6 Å². The molecule has 4 rings (SSSR count). The van der Waals surface area contributed by atoms with Crippen LogP contribution in [0.4, 0.5) is 0 Å². The summed E-state index contributed by atoms with van der Waals surface area (Å²) in [7, 11) is 0. The molecule has 5 heteroatoms. The predicted octanol–water partition coefficient (Wildman–Crippen LogP) is 3.19. The largest absolute Gasteiger partial charge is 0.348 e. The molecule has 2 heterocycles. The Balaban J connectivity index is 1.33. The molecule has 1 aliphatic heterocycles. The molecular weight excluding hydrogens is 336 g/mol. The molecule has 0 saturated carbocycles. The first-order valence-corrected chi connectivity index (χ1v) is 9.37. The smallest absolute Gasteiger partial charge is 0.251 e. The van der Waals surface area contributed by atoms with E-state index in [9.17, 15) is 4.79 Å². The highest BCUT2D eigenvalue weighted by atomic mass is 16.1. The Bertz CT molecular complexity index is 902. The van der Waals surface area contributed by atoms with Crippen LogP contribution in [0.25, 0.3) is 5.69 Å². The van der Waals surface area contributed by atoms with Gasteiger partial charge < -0.3 is 5.32 Å². The maximum absolute atomic E-state index is 12.6. The van der Waals surface area contributed by atoms with Crippen LogP contribution in [0.1, 0.15) is 28.0 Å². The van der Waals surface area contributed by atoms with Crippen LogP contribution in [-0.4, -0.2) is 39.7 Å². The molecule has 1 saturated heterocycles. The lowest BCUT2D eigenvalue weighted by Gasteiger charge is -2.17. The summed E-state index contributed by atoms with van der Waals surface area (Å²) in [5.41, 5.74) is 4.03. The first-order chi connectivity index (χ1) is 13.2. The fourth-order valence-electron chi connectivity index (χ4n) is 3.60. The Morgan fingerprint density at radius 2 is 1.89 bits per heavy atom. The van der Waals surface area contributed by atoms with Crippen molar-refractivity contribution in [3.63, 3.8) is 0 Å². The molecule has 1 atom stereocenters. The molecule has 1 aliphatic rings. The highest BCUT2D eigenvalue weighted by Gasteiger charge is 2.24. The van der Waals surface area contributed by atoms with E-state index in [4.69, 9.17) is 0 Å². The third-order valence-electron chi connectivity index (χ3n) is 5.06. The summed E-state index contributed by atoms with van der Waals surface area (Å²) in [6, 6.07) is 20.2. The minimum Gasteiger partial charge on any atom is -0.348 e. The van der Waals surface area contributed by atoms with Crippen molar-refractivity contribution >= 4 is 5.91 Å². The van der Waals surface area contributed by atoms with Crippen LogP contribution in [0.5, 0.6) is 0 Å². The Morgan fingerprint density at radius 3 is 2.59 bits per heavy atom. The number of likely N-dealkylation sites (tertiary alicyclic amines) is 1. The number of carbonyl (C=O) groups is 1. The van der Waals surface area contributed by atoms with Crippen molar-refractivity contribution in [1.29, 1.82) is 0 Å². The average Bonchev–Trinajstić information content (AvgIpc) is 3.31. The first-order valence-electron chi connectivity index (χ1n) is 9.37. The van der Waals surface area contributed by atoms with E-state index in [0.717, 1.165) is 37.4 Å². The van der Waals surface area contributed by atoms with Gasteiger partial charge in [-0.3, -0.25) is 9.69 Å². The lowest BCUT2D eigenvalue weighted by molar-refractivity contribution is 0.0937. The SMILES string of the molecule is Cc1ccnn1-c1ccc(C(=O)N[C@@H]2CCN(Cc3ccccc3)C2)cc1. The van der Waals surface area contributed by atoms with Gasteiger partial charge in [0.15, 0.2) is 0 Å². The van der Waals surface area contributed by atoms with Crippen LogP contribution in [0, 0.1) is 6.92 Å². The van der Waals surface area contributed by atoms with Crippen LogP contribution in [-0.2, 0) is 6.54 Å². The molecule has 1 aromatic heterocycles. The zero-order valence-corrected chi connectivity index (χ0v) is 15.5. The molecule has 0 unspecified atom stereocenters. The number of aryl methyl sites for hydroxylation is 1. The van der Waals surface area contributed by atoms with Crippen molar-refractivity contribution in [2.75, 3.05) is 13.1 Å². The normalized spacial score (nSPS) is 17.1. The van der Waals surface area contributed by atoms with E-state index in [0.29, 0.717) is 5.56 Å². The summed E-state index contributed by atoms with van der Waals surface area (Å²) in [6.45, 7) is 4.85. The highest BCUT2D eigenvalue weighted by Crippen LogP contribution is 2.15. The van der Waals surface area contributed by atoms with Crippen molar-refractivity contribution < 1.29 is 4.79 Å². The van der Waals surface area contributed by atoms with Crippen LogP contribution >= 0.6 is 0 Å². The second-order valence-electron chi connectivity index (χ2n) is 7.11. The average molecular weight is 360 g/mol. The maximum Gasteiger partial charge on any atom is 0.251 e. The number of aromatic nitrogens is 2. The van der Waals surface area contributed by atoms with Gasteiger partial charge in [-0.05, 0) is 49.2 Å². The number of nitrogens with one attached hydrogen (secondary N) is 1. The van der Waals surface area contributed by atoms with Crippen molar-refractivity contribution in [1.82, 2.24) is 20.0 Å². The van der Waals surface area contributed by atoms with Gasteiger partial charge in [0.2, 0.25) is 0 Å². The third-order valence-corrected chi connectivity index (χ3v) is 5.06. The topological polar surface area (TPSA) is 50.2 Å². The van der Waals surface area contributed by atoms with Gasteiger partial charge in [0.05, 0.1) is 5.69 Å². The van der Waals surface area contributed by atoms with Gasteiger partial charge in [0, 0.05) is 43.1 Å². The first kappa shape index (κ1) is 17.5. The molecule has 0 spiro atoms. The van der Waals surface area contributed by atoms with Crippen molar-refractivity contribution in [3.05, 3.63) is 83.7 Å². The molecule has 0 radical (unpaired) electrons. The molecule has 1 fully saturated rings. The molecule has 2 aromatic carbocycles. The summed E-state index contributed by atoms with van der Waals surface area (Å²) in [5.74, 6) is -0.00898. The summed E-state index contributed by atoms with van der Waals surface area (Å²) in [5, 5.41) is 7.47. The Morgan fingerprint density at radius 1 is 1.11 bits per heavy atom. The van der Waals surface area contributed by atoms with Gasteiger partial charge in [-0.1, -0.05) is 30.3 Å². The van der Waals surface area contributed by atoms with Gasteiger partial charge >= 0.3 is 0 Å². The van der Waals surface area contributed by atoms with E-state index in [1.165, 1.54) is 5.56 Å². The van der Waals surface area contributed by atoms with Gasteiger partial charge in [0.25, 0.3) is 5.91 Å². The number of hydrogen-bond acceptors (Lipinski definition) is 3. The number of rotatable bonds is 5. The molecule has 5 nitrogen and oxygen atoms in total. The third kappa shape index (κ3) is 4.09. The number of benzene rings is 2. The number of carbonyl (C=O) groups excluding carboxylic acids is 1. The lowest BCUT2D eigenvalue weighted by Crippen LogP contribution is -2.37. The van der Waals surface area contributed by atoms with E-state index in [1.807, 2.05) is 48.0 Å². The molecule has 0 aliphatic carbocycles. The quantitative estimate of drug-likeness (QED) is 0.760. The van der Waals surface area contributed by atoms with E-state index in [1.54, 1.807) is 6.20 Å². The second kappa shape index (κ2) is 7.76. The molecule has 0 bridgehead atoms. The summed E-state index contributed by atoms with van der Waals surface area (Å²) >= 11 is 0. The minimum absolute atomic E-state index is 0.00898. The van der Waals surface area contributed by atoms with E-state index in [-0.39, 0.29) is 11.9 Å². The van der Waals surface area contributed by atoms with E-state index < -0.39 is 0 Å². The van der Waals surface area contributed by atoms with Gasteiger partial charge in [-0.2, -0.15) is 5.10 Å². The van der Waals surface area contributed by atoms with Gasteiger partial charge in [-0.15, -0.1) is 0 Å². The number of amides is 1. The molecule has 1 N–H and O–H groups in total. The lowest BCUT2D eigenvalue weighted by atomic mass is 10.1. The highest BCUT2D eigenvalue weighted by molar-refractivity contribution is 5.94. The summed E-state index contributed by atoms with van der Waals surface area (Å²) < 4.78 is 1.86. The van der Waals surface area contributed by atoms with Crippen LogP contribution < -0.4 is 5.32 Å². The van der Waals surface area contributed by atoms with Crippen LogP contribution in [0.3, 0.4) is 0 Å². The standard InChI is InChI=1S/C22H24N4O/c1-17-11-13-23-26(17)21-9-7-19(8-10-21)22(27)24-20-12-14-25(16-20)15-18-5-3-2-4-6-18/h2-11,13,20H,12,14-16H2,1H3,(H,24,27)/t20-/m1/s1. The van der Waals surface area contributed by atoms with Crippen LogP contribution in [0.2, 0.25) is 0 Å². The zero-order chi connectivity index (χ0) is 18.6. The molecule has 3 aromatic rings. The number of nitrogens with zero attached hydrogens (tertiary/aromatic N) is 3. The van der Waals surface area contributed by atoms with Crippen molar-refractivity contribution in [2.45, 2.75) is 25.9 Å². The Hall–Kier alpha value is -2.92. The molecule has 138 valence electrons. The summed E-state index contributed by atoms with van der Waals surface area (Å²) in [4.78, 5) is 15.0. The second-order valence-corrected chi connectivity index (χ2v) is 7.11. The van der Waals surface area contributed by atoms with Crippen molar-refractivity contribution in [2.24, 2.45) is 0 Å². The van der Waals surface area contributed by atoms with Gasteiger partial charge in [-0.25, -0.2) is 4.68 Å². The van der Waals surface area contributed by atoms with E-state index >= 15 is 0 Å². The molecule has 1 amide bonds. The zero-order valence-electron chi connectivity index (χ0n) is 15.5. The predicted molar refractivity (Wildman–Crippen MR) is 106 cm³/mol. The molecule has 27 heavy (non-hydrogen) atoms. The maximum atomic E-state index is 12.6. The number of hydrogen-bond donors (Lipinski definition) is 1. The van der Waals surface area contributed by atoms with Crippen molar-refractivity contribution in [3.8, 4) is 5.69 Å². The minimum atomic E-state index is -0.00898. The van der Waals surface area contributed by atoms with Crippen LogP contribution in [0.15, 0.2) is 66.9 Å². The molecular formula is C22H24N4O. The Labute approximate surface area is 159 Å². The summed E-state index contributed by atoms with van der Waals surface area (Å²) in [6.07, 6.45) is 2.76. The monoisotopic (exact) mass is 360 g/mol. The van der Waals surface area contributed by atoms with Gasteiger partial charge in [0.1, 0.15) is 0 Å².